The van der Waals surface area contributed by atoms with E-state index in [1.807, 2.05) is 36.4 Å². The Hall–Kier alpha value is -1.80. The average molecular weight is 289 g/mol. The second-order valence-corrected chi connectivity index (χ2v) is 5.04. The summed E-state index contributed by atoms with van der Waals surface area (Å²) in [4.78, 5) is 11.6. The van der Waals surface area contributed by atoms with Gasteiger partial charge < -0.3 is 4.74 Å². The Balaban J connectivity index is 2.36. The number of halogens is 1. The number of ether oxygens (including phenoxy) is 1. The average Bonchev–Trinajstić information content (AvgIpc) is 2.49. The van der Waals surface area contributed by atoms with E-state index < -0.39 is 0 Å². The van der Waals surface area contributed by atoms with Crippen molar-refractivity contribution in [2.45, 2.75) is 19.8 Å². The van der Waals surface area contributed by atoms with Gasteiger partial charge in [0.25, 0.3) is 0 Å². The van der Waals surface area contributed by atoms with Gasteiger partial charge in [0.05, 0.1) is 12.7 Å². The molecular weight excluding hydrogens is 272 g/mol. The van der Waals surface area contributed by atoms with Crippen LogP contribution in [0.4, 0.5) is 0 Å². The molecule has 0 amide bonds. The second-order valence-electron chi connectivity index (χ2n) is 4.63. The molecular formula is C17H17ClO2. The molecule has 104 valence electrons. The zero-order valence-electron chi connectivity index (χ0n) is 11.7. The molecule has 0 aliphatic carbocycles. The fourth-order valence-corrected chi connectivity index (χ4v) is 2.42. The first-order valence-corrected chi connectivity index (χ1v) is 7.00. The Morgan fingerprint density at radius 1 is 1.15 bits per heavy atom. The van der Waals surface area contributed by atoms with E-state index in [2.05, 4.69) is 6.92 Å². The normalized spacial score (nSPS) is 10.3. The van der Waals surface area contributed by atoms with Crippen LogP contribution < -0.4 is 0 Å². The Labute approximate surface area is 124 Å². The number of rotatable bonds is 4. The number of benzene rings is 2. The molecule has 0 aliphatic heterocycles. The van der Waals surface area contributed by atoms with Gasteiger partial charge in [-0.05, 0) is 41.3 Å². The van der Waals surface area contributed by atoms with Gasteiger partial charge in [-0.2, -0.15) is 0 Å². The van der Waals surface area contributed by atoms with E-state index >= 15 is 0 Å². The number of hydrogen-bond acceptors (Lipinski definition) is 2. The summed E-state index contributed by atoms with van der Waals surface area (Å²) < 4.78 is 4.74. The molecule has 2 nitrogen and oxygen atoms in total. The van der Waals surface area contributed by atoms with E-state index in [0.717, 1.165) is 34.6 Å². The molecule has 0 saturated carbocycles. The summed E-state index contributed by atoms with van der Waals surface area (Å²) in [7, 11) is 1.38. The SMILES string of the molecule is CCCc1ccc(-c2cccc(C(=O)OC)c2)cc1Cl. The van der Waals surface area contributed by atoms with Gasteiger partial charge in [0, 0.05) is 5.02 Å². The number of carbonyl (C=O) groups is 1. The maximum absolute atomic E-state index is 11.6. The van der Waals surface area contributed by atoms with Crippen molar-refractivity contribution >= 4 is 17.6 Å². The zero-order valence-corrected chi connectivity index (χ0v) is 12.4. The number of aryl methyl sites for hydroxylation is 1. The first-order chi connectivity index (χ1) is 9.65. The Bertz CT molecular complexity index is 620. The highest BCUT2D eigenvalue weighted by atomic mass is 35.5. The van der Waals surface area contributed by atoms with Gasteiger partial charge in [-0.15, -0.1) is 0 Å². The van der Waals surface area contributed by atoms with Crippen LogP contribution in [0.25, 0.3) is 11.1 Å². The smallest absolute Gasteiger partial charge is 0.337 e. The monoisotopic (exact) mass is 288 g/mol. The standard InChI is InChI=1S/C17H17ClO2/c1-3-5-12-8-9-14(11-16(12)18)13-6-4-7-15(10-13)17(19)20-2/h4,6-11H,3,5H2,1-2H3. The molecule has 2 aromatic rings. The summed E-state index contributed by atoms with van der Waals surface area (Å²) in [6.45, 7) is 2.13. The minimum atomic E-state index is -0.333. The first kappa shape index (κ1) is 14.6. The molecule has 0 unspecified atom stereocenters. The van der Waals surface area contributed by atoms with Gasteiger partial charge in [-0.1, -0.05) is 49.2 Å². The topological polar surface area (TPSA) is 26.3 Å². The molecule has 0 aromatic heterocycles. The van der Waals surface area contributed by atoms with E-state index in [1.165, 1.54) is 7.11 Å². The minimum absolute atomic E-state index is 0.333. The van der Waals surface area contributed by atoms with E-state index in [9.17, 15) is 4.79 Å². The lowest BCUT2D eigenvalue weighted by Crippen LogP contribution is -2.00. The molecule has 2 aromatic carbocycles. The third-order valence-electron chi connectivity index (χ3n) is 3.19. The molecule has 0 N–H and O–H groups in total. The Kier molecular flexibility index (Phi) is 4.80. The Morgan fingerprint density at radius 3 is 2.55 bits per heavy atom. The number of esters is 1. The quantitative estimate of drug-likeness (QED) is 0.759. The van der Waals surface area contributed by atoms with Crippen LogP contribution in [-0.4, -0.2) is 13.1 Å². The molecule has 0 radical (unpaired) electrons. The summed E-state index contributed by atoms with van der Waals surface area (Å²) in [5.74, 6) is -0.333. The van der Waals surface area contributed by atoms with Gasteiger partial charge in [0.1, 0.15) is 0 Å². The minimum Gasteiger partial charge on any atom is -0.465 e. The van der Waals surface area contributed by atoms with Crippen molar-refractivity contribution in [3.05, 3.63) is 58.6 Å². The van der Waals surface area contributed by atoms with Crippen LogP contribution in [0.15, 0.2) is 42.5 Å². The fourth-order valence-electron chi connectivity index (χ4n) is 2.14. The molecule has 0 bridgehead atoms. The van der Waals surface area contributed by atoms with E-state index in [1.54, 1.807) is 6.07 Å². The van der Waals surface area contributed by atoms with Gasteiger partial charge in [0.2, 0.25) is 0 Å². The van der Waals surface area contributed by atoms with Crippen molar-refractivity contribution in [3.8, 4) is 11.1 Å². The van der Waals surface area contributed by atoms with Crippen LogP contribution in [0.2, 0.25) is 5.02 Å². The molecule has 2 rings (SSSR count). The molecule has 0 saturated heterocycles. The first-order valence-electron chi connectivity index (χ1n) is 6.63. The molecule has 0 aliphatic rings. The van der Waals surface area contributed by atoms with Crippen molar-refractivity contribution in [1.29, 1.82) is 0 Å². The van der Waals surface area contributed by atoms with Crippen LogP contribution in [0.1, 0.15) is 29.3 Å². The lowest BCUT2D eigenvalue weighted by atomic mass is 10.0. The molecule has 0 heterocycles. The molecule has 0 atom stereocenters. The van der Waals surface area contributed by atoms with Gasteiger partial charge >= 0.3 is 5.97 Å². The molecule has 3 heteroatoms. The zero-order chi connectivity index (χ0) is 14.5. The highest BCUT2D eigenvalue weighted by molar-refractivity contribution is 6.31. The van der Waals surface area contributed by atoms with E-state index in [-0.39, 0.29) is 5.97 Å². The molecule has 0 fully saturated rings. The van der Waals surface area contributed by atoms with Crippen LogP contribution in [0, 0.1) is 0 Å². The van der Waals surface area contributed by atoms with E-state index in [0.29, 0.717) is 5.56 Å². The number of carbonyl (C=O) groups excluding carboxylic acids is 1. The predicted molar refractivity (Wildman–Crippen MR) is 82.2 cm³/mol. The highest BCUT2D eigenvalue weighted by Gasteiger charge is 2.08. The fraction of sp³-hybridized carbons (Fsp3) is 0.235. The second kappa shape index (κ2) is 6.58. The van der Waals surface area contributed by atoms with Crippen molar-refractivity contribution in [2.24, 2.45) is 0 Å². The summed E-state index contributed by atoms with van der Waals surface area (Å²) in [5.41, 5.74) is 3.65. The van der Waals surface area contributed by atoms with Crippen LogP contribution in [-0.2, 0) is 11.2 Å². The number of hydrogen-bond donors (Lipinski definition) is 0. The van der Waals surface area contributed by atoms with Crippen molar-refractivity contribution < 1.29 is 9.53 Å². The van der Waals surface area contributed by atoms with Crippen molar-refractivity contribution in [1.82, 2.24) is 0 Å². The third-order valence-corrected chi connectivity index (χ3v) is 3.54. The van der Waals surface area contributed by atoms with E-state index in [4.69, 9.17) is 16.3 Å². The van der Waals surface area contributed by atoms with Crippen LogP contribution >= 0.6 is 11.6 Å². The molecule has 0 spiro atoms. The number of methoxy groups -OCH3 is 1. The molecule has 20 heavy (non-hydrogen) atoms. The lowest BCUT2D eigenvalue weighted by molar-refractivity contribution is 0.0601. The van der Waals surface area contributed by atoms with Gasteiger partial charge in [0.15, 0.2) is 0 Å². The summed E-state index contributed by atoms with van der Waals surface area (Å²) in [6.07, 6.45) is 2.04. The lowest BCUT2D eigenvalue weighted by Gasteiger charge is -2.08. The summed E-state index contributed by atoms with van der Waals surface area (Å²) >= 11 is 6.30. The van der Waals surface area contributed by atoms with Gasteiger partial charge in [-0.3, -0.25) is 0 Å². The Morgan fingerprint density at radius 2 is 1.90 bits per heavy atom. The van der Waals surface area contributed by atoms with Crippen LogP contribution in [0.3, 0.4) is 0 Å². The van der Waals surface area contributed by atoms with Crippen molar-refractivity contribution in [3.63, 3.8) is 0 Å². The summed E-state index contributed by atoms with van der Waals surface area (Å²) in [5, 5.41) is 0.771. The predicted octanol–water partition coefficient (Wildman–Crippen LogP) is 4.75. The maximum atomic E-state index is 11.6. The van der Waals surface area contributed by atoms with Crippen LogP contribution in [0.5, 0.6) is 0 Å². The highest BCUT2D eigenvalue weighted by Crippen LogP contribution is 2.27. The maximum Gasteiger partial charge on any atom is 0.337 e. The summed E-state index contributed by atoms with van der Waals surface area (Å²) in [6, 6.07) is 13.4. The largest absolute Gasteiger partial charge is 0.465 e. The van der Waals surface area contributed by atoms with Crippen molar-refractivity contribution in [2.75, 3.05) is 7.11 Å². The third kappa shape index (κ3) is 3.20. The van der Waals surface area contributed by atoms with Gasteiger partial charge in [-0.25, -0.2) is 4.79 Å².